The predicted molar refractivity (Wildman–Crippen MR) is 40.0 cm³/mol. The minimum atomic E-state index is 0.230. The summed E-state index contributed by atoms with van der Waals surface area (Å²) in [7, 11) is 0.230. The molecule has 1 N–H and O–H groups in total. The first-order chi connectivity index (χ1) is 4.93. The molecule has 1 rings (SSSR count). The lowest BCUT2D eigenvalue weighted by atomic mass is 10.1. The smallest absolute Gasteiger partial charge is 0.155 e. The molecule has 0 amide bonds. The minimum absolute atomic E-state index is 0.230. The van der Waals surface area contributed by atoms with Crippen molar-refractivity contribution in [1.82, 2.24) is 0 Å². The van der Waals surface area contributed by atoms with Crippen molar-refractivity contribution in [2.45, 2.75) is 12.8 Å². The van der Waals surface area contributed by atoms with Gasteiger partial charge in [0.05, 0.1) is 13.2 Å². The van der Waals surface area contributed by atoms with E-state index in [9.17, 15) is 0 Å². The van der Waals surface area contributed by atoms with Crippen LogP contribution < -0.4 is 0 Å². The van der Waals surface area contributed by atoms with Crippen LogP contribution in [-0.4, -0.2) is 24.9 Å². The van der Waals surface area contributed by atoms with Gasteiger partial charge in [-0.25, -0.2) is 0 Å². The minimum Gasteiger partial charge on any atom is -0.396 e. The second-order valence-electron chi connectivity index (χ2n) is 2.44. The molecular formula is C6H13O3P. The van der Waals surface area contributed by atoms with E-state index in [1.807, 2.05) is 0 Å². The van der Waals surface area contributed by atoms with E-state index in [0.717, 1.165) is 26.1 Å². The average Bonchev–Trinajstić information content (AvgIpc) is 2.03. The second kappa shape index (κ2) is 5.03. The van der Waals surface area contributed by atoms with E-state index >= 15 is 0 Å². The first-order valence-corrected chi connectivity index (χ1v) is 4.34. The van der Waals surface area contributed by atoms with E-state index in [4.69, 9.17) is 14.2 Å². The van der Waals surface area contributed by atoms with Crippen LogP contribution in [0.15, 0.2) is 0 Å². The van der Waals surface area contributed by atoms with Gasteiger partial charge in [0, 0.05) is 12.5 Å². The van der Waals surface area contributed by atoms with E-state index in [0.29, 0.717) is 5.92 Å². The summed E-state index contributed by atoms with van der Waals surface area (Å²) >= 11 is 0. The van der Waals surface area contributed by atoms with E-state index in [1.54, 1.807) is 0 Å². The normalized spacial score (nSPS) is 29.1. The molecule has 0 aromatic carbocycles. The molecule has 1 aliphatic heterocycles. The molecule has 1 aliphatic rings. The highest BCUT2D eigenvalue weighted by atomic mass is 31.1. The lowest BCUT2D eigenvalue weighted by Crippen LogP contribution is -2.17. The number of aliphatic hydroxyl groups excluding tert-OH is 1. The van der Waals surface area contributed by atoms with Crippen LogP contribution in [0.5, 0.6) is 0 Å². The molecule has 0 aliphatic carbocycles. The Morgan fingerprint density at radius 3 is 2.70 bits per heavy atom. The third kappa shape index (κ3) is 2.93. The predicted octanol–water partition coefficient (Wildman–Crippen LogP) is 0.930. The summed E-state index contributed by atoms with van der Waals surface area (Å²) < 4.78 is 10.2. The monoisotopic (exact) mass is 164 g/mol. The molecular weight excluding hydrogens is 151 g/mol. The van der Waals surface area contributed by atoms with Crippen molar-refractivity contribution in [3.63, 3.8) is 0 Å². The second-order valence-corrected chi connectivity index (χ2v) is 3.18. The molecule has 4 heteroatoms. The molecule has 0 unspecified atom stereocenters. The van der Waals surface area contributed by atoms with Crippen LogP contribution in [0.1, 0.15) is 12.8 Å². The topological polar surface area (TPSA) is 38.7 Å². The first-order valence-electron chi connectivity index (χ1n) is 3.53. The van der Waals surface area contributed by atoms with Gasteiger partial charge in [-0.15, -0.1) is 0 Å². The van der Waals surface area contributed by atoms with Crippen LogP contribution in [0, 0.1) is 5.92 Å². The maximum Gasteiger partial charge on any atom is 0.155 e. The van der Waals surface area contributed by atoms with E-state index in [2.05, 4.69) is 0 Å². The van der Waals surface area contributed by atoms with Gasteiger partial charge < -0.3 is 14.2 Å². The Bertz CT molecular complexity index is 83.1. The molecule has 1 fully saturated rings. The van der Waals surface area contributed by atoms with Gasteiger partial charge in [-0.2, -0.15) is 0 Å². The molecule has 0 radical (unpaired) electrons. The Morgan fingerprint density at radius 1 is 1.40 bits per heavy atom. The van der Waals surface area contributed by atoms with Crippen LogP contribution in [0.25, 0.3) is 0 Å². The maximum atomic E-state index is 8.52. The van der Waals surface area contributed by atoms with Gasteiger partial charge in [-0.3, -0.25) is 0 Å². The summed E-state index contributed by atoms with van der Waals surface area (Å²) in [4.78, 5) is 0. The third-order valence-corrected chi connectivity index (χ3v) is 2.10. The van der Waals surface area contributed by atoms with Crippen LogP contribution >= 0.6 is 9.03 Å². The van der Waals surface area contributed by atoms with Gasteiger partial charge >= 0.3 is 0 Å². The molecule has 1 saturated heterocycles. The van der Waals surface area contributed by atoms with Crippen LogP contribution in [0.3, 0.4) is 0 Å². The van der Waals surface area contributed by atoms with Gasteiger partial charge in [-0.1, -0.05) is 0 Å². The fourth-order valence-corrected chi connectivity index (χ4v) is 1.63. The highest BCUT2D eigenvalue weighted by molar-refractivity contribution is 7.26. The summed E-state index contributed by atoms with van der Waals surface area (Å²) in [5, 5.41) is 8.52. The zero-order valence-corrected chi connectivity index (χ0v) is 6.88. The molecule has 1 heterocycles. The zero-order chi connectivity index (χ0) is 7.23. The van der Waals surface area contributed by atoms with Gasteiger partial charge in [0.15, 0.2) is 9.03 Å². The molecule has 0 aromatic heterocycles. The quantitative estimate of drug-likeness (QED) is 0.630. The summed E-state index contributed by atoms with van der Waals surface area (Å²) in [6, 6.07) is 0. The molecule has 0 atom stereocenters. The summed E-state index contributed by atoms with van der Waals surface area (Å²) in [5.74, 6) is 0.508. The Hall–Kier alpha value is 0.310. The Balaban J connectivity index is 2.02. The molecule has 3 nitrogen and oxygen atoms in total. The number of hydrogen-bond donors (Lipinski definition) is 1. The summed E-state index contributed by atoms with van der Waals surface area (Å²) in [5.41, 5.74) is 0. The first kappa shape index (κ1) is 8.41. The Morgan fingerprint density at radius 2 is 2.10 bits per heavy atom. The van der Waals surface area contributed by atoms with E-state index in [1.165, 1.54) is 0 Å². The lowest BCUT2D eigenvalue weighted by Gasteiger charge is -2.20. The van der Waals surface area contributed by atoms with E-state index < -0.39 is 0 Å². The van der Waals surface area contributed by atoms with Gasteiger partial charge in [0.2, 0.25) is 0 Å². The van der Waals surface area contributed by atoms with Crippen molar-refractivity contribution in [2.75, 3.05) is 19.8 Å². The average molecular weight is 164 g/mol. The standard InChI is InChI=1S/C6H13O3P/c7-3-1-2-6-4-8-10-9-5-6/h6-7,10H,1-5H2. The number of rotatable bonds is 3. The third-order valence-electron chi connectivity index (χ3n) is 1.53. The van der Waals surface area contributed by atoms with Crippen molar-refractivity contribution < 1.29 is 14.2 Å². The molecule has 0 aromatic rings. The number of aliphatic hydroxyl groups is 1. The van der Waals surface area contributed by atoms with Crippen LogP contribution in [0.4, 0.5) is 0 Å². The van der Waals surface area contributed by atoms with Gasteiger partial charge in [0.1, 0.15) is 0 Å². The lowest BCUT2D eigenvalue weighted by molar-refractivity contribution is 0.119. The van der Waals surface area contributed by atoms with Gasteiger partial charge in [-0.05, 0) is 12.8 Å². The molecule has 10 heavy (non-hydrogen) atoms. The summed E-state index contributed by atoms with van der Waals surface area (Å²) in [6.07, 6.45) is 1.88. The fourth-order valence-electron chi connectivity index (χ4n) is 0.940. The largest absolute Gasteiger partial charge is 0.396 e. The van der Waals surface area contributed by atoms with Crippen molar-refractivity contribution in [2.24, 2.45) is 5.92 Å². The van der Waals surface area contributed by atoms with Crippen molar-refractivity contribution >= 4 is 9.03 Å². The molecule has 60 valence electrons. The van der Waals surface area contributed by atoms with Crippen LogP contribution in [-0.2, 0) is 9.05 Å². The highest BCUT2D eigenvalue weighted by Crippen LogP contribution is 2.25. The SMILES string of the molecule is OCCCC1COPOC1. The molecule has 0 bridgehead atoms. The number of hydrogen-bond acceptors (Lipinski definition) is 3. The highest BCUT2D eigenvalue weighted by Gasteiger charge is 2.13. The molecule has 0 spiro atoms. The zero-order valence-electron chi connectivity index (χ0n) is 5.88. The van der Waals surface area contributed by atoms with Crippen molar-refractivity contribution in [1.29, 1.82) is 0 Å². The van der Waals surface area contributed by atoms with Crippen LogP contribution in [0.2, 0.25) is 0 Å². The Kier molecular flexibility index (Phi) is 4.23. The van der Waals surface area contributed by atoms with Crippen molar-refractivity contribution in [3.8, 4) is 0 Å². The van der Waals surface area contributed by atoms with E-state index in [-0.39, 0.29) is 15.6 Å². The maximum absolute atomic E-state index is 8.52. The Labute approximate surface area is 62.7 Å². The summed E-state index contributed by atoms with van der Waals surface area (Å²) in [6.45, 7) is 1.88. The fraction of sp³-hybridized carbons (Fsp3) is 1.00. The molecule has 0 saturated carbocycles. The van der Waals surface area contributed by atoms with Crippen molar-refractivity contribution in [3.05, 3.63) is 0 Å². The van der Waals surface area contributed by atoms with Gasteiger partial charge in [0.25, 0.3) is 0 Å².